The van der Waals surface area contributed by atoms with Crippen LogP contribution >= 0.6 is 0 Å². The van der Waals surface area contributed by atoms with Gasteiger partial charge < -0.3 is 9.84 Å². The number of halogens is 2. The molecule has 2 rings (SSSR count). The number of carboxylic acid groups (broad SMARTS) is 1. The number of hydrogen-bond donors (Lipinski definition) is 1. The number of carboxylic acids is 1. The molecule has 0 atom stereocenters. The van der Waals surface area contributed by atoms with Gasteiger partial charge >= 0.3 is 5.97 Å². The molecule has 0 radical (unpaired) electrons. The Bertz CT molecular complexity index is 639. The van der Waals surface area contributed by atoms with Crippen molar-refractivity contribution in [3.05, 3.63) is 53.6 Å². The van der Waals surface area contributed by atoms with Crippen LogP contribution in [0, 0.1) is 11.6 Å². The largest absolute Gasteiger partial charge is 0.497 e. The summed E-state index contributed by atoms with van der Waals surface area (Å²) in [5.41, 5.74) is 0.0772. The van der Waals surface area contributed by atoms with Crippen molar-refractivity contribution in [2.24, 2.45) is 0 Å². The Hall–Kier alpha value is -2.43. The molecule has 98 valence electrons. The van der Waals surface area contributed by atoms with E-state index in [0.29, 0.717) is 11.8 Å². The van der Waals surface area contributed by atoms with Gasteiger partial charge in [0.2, 0.25) is 0 Å². The minimum Gasteiger partial charge on any atom is -0.497 e. The third kappa shape index (κ3) is 2.54. The first-order chi connectivity index (χ1) is 9.02. The van der Waals surface area contributed by atoms with E-state index in [2.05, 4.69) is 0 Å². The van der Waals surface area contributed by atoms with Gasteiger partial charge in [-0.05, 0) is 30.3 Å². The summed E-state index contributed by atoms with van der Waals surface area (Å²) in [5.74, 6) is -2.35. The summed E-state index contributed by atoms with van der Waals surface area (Å²) in [5, 5.41) is 9.10. The fourth-order valence-corrected chi connectivity index (χ4v) is 1.77. The van der Waals surface area contributed by atoms with Gasteiger partial charge in [-0.3, -0.25) is 0 Å². The minimum atomic E-state index is -1.19. The number of rotatable bonds is 3. The zero-order chi connectivity index (χ0) is 14.0. The van der Waals surface area contributed by atoms with E-state index in [1.807, 2.05) is 0 Å². The van der Waals surface area contributed by atoms with Crippen LogP contribution in [0.25, 0.3) is 11.1 Å². The molecule has 0 bridgehead atoms. The van der Waals surface area contributed by atoms with E-state index in [9.17, 15) is 13.6 Å². The second kappa shape index (κ2) is 5.06. The number of hydrogen-bond acceptors (Lipinski definition) is 2. The Balaban J connectivity index is 2.68. The summed E-state index contributed by atoms with van der Waals surface area (Å²) in [6.45, 7) is 0. The van der Waals surface area contributed by atoms with Crippen LogP contribution in [0.3, 0.4) is 0 Å². The lowest BCUT2D eigenvalue weighted by Crippen LogP contribution is -2.01. The maximum atomic E-state index is 13.7. The van der Waals surface area contributed by atoms with E-state index in [0.717, 1.165) is 6.07 Å². The number of aromatic carboxylic acids is 1. The Labute approximate surface area is 108 Å². The summed E-state index contributed by atoms with van der Waals surface area (Å²) in [6.07, 6.45) is 0. The van der Waals surface area contributed by atoms with Crippen LogP contribution in [-0.4, -0.2) is 18.2 Å². The maximum absolute atomic E-state index is 13.7. The monoisotopic (exact) mass is 264 g/mol. The molecular formula is C14H10F2O3. The second-order valence-electron chi connectivity index (χ2n) is 3.84. The molecule has 2 aromatic rings. The first-order valence-corrected chi connectivity index (χ1v) is 5.39. The standard InChI is InChI=1S/C14H10F2O3/c1-19-9-3-5-11(14(17)18)12(7-9)10-4-2-8(15)6-13(10)16/h2-7H,1H3,(H,17,18). The van der Waals surface area contributed by atoms with Crippen molar-refractivity contribution < 1.29 is 23.4 Å². The predicted octanol–water partition coefficient (Wildman–Crippen LogP) is 3.34. The lowest BCUT2D eigenvalue weighted by molar-refractivity contribution is 0.0697. The molecule has 0 aliphatic carbocycles. The summed E-state index contributed by atoms with van der Waals surface area (Å²) in [7, 11) is 1.42. The minimum absolute atomic E-state index is 0.0118. The van der Waals surface area contributed by atoms with Gasteiger partial charge in [-0.1, -0.05) is 0 Å². The summed E-state index contributed by atoms with van der Waals surface area (Å²) in [6, 6.07) is 7.17. The predicted molar refractivity (Wildman–Crippen MR) is 65.3 cm³/mol. The Morgan fingerprint density at radius 2 is 1.84 bits per heavy atom. The van der Waals surface area contributed by atoms with Crippen LogP contribution in [0.4, 0.5) is 8.78 Å². The molecule has 1 N–H and O–H groups in total. The van der Waals surface area contributed by atoms with Crippen molar-refractivity contribution in [1.29, 1.82) is 0 Å². The Kier molecular flexibility index (Phi) is 3.46. The molecule has 5 heteroatoms. The zero-order valence-corrected chi connectivity index (χ0v) is 9.98. The highest BCUT2D eigenvalue weighted by Gasteiger charge is 2.16. The van der Waals surface area contributed by atoms with E-state index < -0.39 is 17.6 Å². The van der Waals surface area contributed by atoms with Crippen LogP contribution in [0.5, 0.6) is 5.75 Å². The van der Waals surface area contributed by atoms with Crippen molar-refractivity contribution >= 4 is 5.97 Å². The summed E-state index contributed by atoms with van der Waals surface area (Å²) >= 11 is 0. The molecule has 0 aromatic heterocycles. The average Bonchev–Trinajstić information content (AvgIpc) is 2.38. The topological polar surface area (TPSA) is 46.5 Å². The summed E-state index contributed by atoms with van der Waals surface area (Å²) in [4.78, 5) is 11.1. The smallest absolute Gasteiger partial charge is 0.336 e. The highest BCUT2D eigenvalue weighted by Crippen LogP contribution is 2.30. The van der Waals surface area contributed by atoms with Crippen molar-refractivity contribution in [1.82, 2.24) is 0 Å². The third-order valence-electron chi connectivity index (χ3n) is 2.68. The second-order valence-corrected chi connectivity index (χ2v) is 3.84. The van der Waals surface area contributed by atoms with Crippen LogP contribution in [0.1, 0.15) is 10.4 Å². The highest BCUT2D eigenvalue weighted by molar-refractivity contribution is 5.96. The van der Waals surface area contributed by atoms with Crippen LogP contribution in [0.15, 0.2) is 36.4 Å². The fraction of sp³-hybridized carbons (Fsp3) is 0.0714. The first-order valence-electron chi connectivity index (χ1n) is 5.39. The fourth-order valence-electron chi connectivity index (χ4n) is 1.77. The lowest BCUT2D eigenvalue weighted by atomic mass is 9.99. The molecule has 0 aliphatic heterocycles. The molecule has 0 spiro atoms. The van der Waals surface area contributed by atoms with Gasteiger partial charge in [-0.25, -0.2) is 13.6 Å². The van der Waals surface area contributed by atoms with E-state index in [1.54, 1.807) is 0 Å². The quantitative estimate of drug-likeness (QED) is 0.924. The van der Waals surface area contributed by atoms with Crippen molar-refractivity contribution in [2.45, 2.75) is 0 Å². The Morgan fingerprint density at radius 1 is 1.11 bits per heavy atom. The first kappa shape index (κ1) is 13.0. The highest BCUT2D eigenvalue weighted by atomic mass is 19.1. The van der Waals surface area contributed by atoms with Gasteiger partial charge in [0.1, 0.15) is 17.4 Å². The van der Waals surface area contributed by atoms with E-state index in [4.69, 9.17) is 9.84 Å². The number of ether oxygens (including phenoxy) is 1. The summed E-state index contributed by atoms with van der Waals surface area (Å²) < 4.78 is 31.6. The van der Waals surface area contributed by atoms with Crippen LogP contribution in [-0.2, 0) is 0 Å². The van der Waals surface area contributed by atoms with Gasteiger partial charge in [0.25, 0.3) is 0 Å². The number of carbonyl (C=O) groups is 1. The lowest BCUT2D eigenvalue weighted by Gasteiger charge is -2.09. The number of methoxy groups -OCH3 is 1. The van der Waals surface area contributed by atoms with Gasteiger partial charge in [-0.15, -0.1) is 0 Å². The van der Waals surface area contributed by atoms with Gasteiger partial charge in [0.05, 0.1) is 12.7 Å². The molecular weight excluding hydrogens is 254 g/mol. The molecule has 0 amide bonds. The van der Waals surface area contributed by atoms with E-state index >= 15 is 0 Å². The van der Waals surface area contributed by atoms with Gasteiger partial charge in [0, 0.05) is 17.2 Å². The van der Waals surface area contributed by atoms with Gasteiger partial charge in [-0.2, -0.15) is 0 Å². The zero-order valence-electron chi connectivity index (χ0n) is 9.98. The average molecular weight is 264 g/mol. The van der Waals surface area contributed by atoms with Crippen LogP contribution in [0.2, 0.25) is 0 Å². The molecule has 0 unspecified atom stereocenters. The van der Waals surface area contributed by atoms with Crippen molar-refractivity contribution in [3.8, 4) is 16.9 Å². The van der Waals surface area contributed by atoms with Crippen molar-refractivity contribution in [2.75, 3.05) is 7.11 Å². The normalized spacial score (nSPS) is 10.3. The molecule has 3 nitrogen and oxygen atoms in total. The van der Waals surface area contributed by atoms with E-state index in [1.165, 1.54) is 31.4 Å². The SMILES string of the molecule is COc1ccc(C(=O)O)c(-c2ccc(F)cc2F)c1. The molecule has 0 fully saturated rings. The molecule has 0 saturated carbocycles. The van der Waals surface area contributed by atoms with Gasteiger partial charge in [0.15, 0.2) is 0 Å². The van der Waals surface area contributed by atoms with Crippen molar-refractivity contribution in [3.63, 3.8) is 0 Å². The van der Waals surface area contributed by atoms with Crippen LogP contribution < -0.4 is 4.74 Å². The number of benzene rings is 2. The molecule has 0 heterocycles. The molecule has 2 aromatic carbocycles. The maximum Gasteiger partial charge on any atom is 0.336 e. The molecule has 0 aliphatic rings. The molecule has 0 saturated heterocycles. The third-order valence-corrected chi connectivity index (χ3v) is 2.68. The Morgan fingerprint density at radius 3 is 2.42 bits per heavy atom. The van der Waals surface area contributed by atoms with E-state index in [-0.39, 0.29) is 16.7 Å². The molecule has 19 heavy (non-hydrogen) atoms.